The van der Waals surface area contributed by atoms with Gasteiger partial charge in [0.05, 0.1) is 6.17 Å². The summed E-state index contributed by atoms with van der Waals surface area (Å²) in [5.41, 5.74) is 10.2. The van der Waals surface area contributed by atoms with E-state index in [1.165, 1.54) is 11.1 Å². The number of rotatable bonds is 6. The van der Waals surface area contributed by atoms with Gasteiger partial charge in [0, 0.05) is 25.8 Å². The van der Waals surface area contributed by atoms with E-state index in [4.69, 9.17) is 5.73 Å². The molecule has 0 amide bonds. The molecule has 23 heavy (non-hydrogen) atoms. The summed E-state index contributed by atoms with van der Waals surface area (Å²) in [4.78, 5) is 2.30. The van der Waals surface area contributed by atoms with Crippen LogP contribution in [0.25, 0.3) is 0 Å². The van der Waals surface area contributed by atoms with Crippen molar-refractivity contribution in [1.29, 1.82) is 0 Å². The Kier molecular flexibility index (Phi) is 5.25. The fraction of sp³-hybridized carbons (Fsp3) is 0.200. The smallest absolute Gasteiger partial charge is 0.0841 e. The minimum Gasteiger partial charge on any atom is -0.387 e. The maximum Gasteiger partial charge on any atom is 0.0841 e. The minimum absolute atomic E-state index is 0.132. The summed E-state index contributed by atoms with van der Waals surface area (Å²) < 4.78 is 0. The lowest BCUT2D eigenvalue weighted by Gasteiger charge is -2.30. The number of nitrogens with zero attached hydrogens (tertiary/aromatic N) is 1. The van der Waals surface area contributed by atoms with Crippen LogP contribution in [0.1, 0.15) is 17.3 Å². The van der Waals surface area contributed by atoms with Crippen LogP contribution in [0.3, 0.4) is 0 Å². The highest BCUT2D eigenvalue weighted by Crippen LogP contribution is 2.20. The van der Waals surface area contributed by atoms with Crippen LogP contribution >= 0.6 is 0 Å². The molecule has 1 aliphatic rings. The van der Waals surface area contributed by atoms with E-state index < -0.39 is 0 Å². The molecule has 3 heteroatoms. The van der Waals surface area contributed by atoms with E-state index in [1.807, 2.05) is 24.3 Å². The molecule has 3 nitrogen and oxygen atoms in total. The van der Waals surface area contributed by atoms with Crippen LogP contribution in [0.5, 0.6) is 0 Å². The van der Waals surface area contributed by atoms with E-state index in [0.717, 1.165) is 25.2 Å². The summed E-state index contributed by atoms with van der Waals surface area (Å²) in [5, 5.41) is 3.27. The SMILES string of the molecule is NC(c1ccccc1)N(CC1=CNCC=C1)Cc1ccccc1. The van der Waals surface area contributed by atoms with Crippen molar-refractivity contribution in [2.75, 3.05) is 13.1 Å². The molecular formula is C20H23N3. The largest absolute Gasteiger partial charge is 0.387 e. The number of nitrogens with one attached hydrogen (secondary N) is 1. The van der Waals surface area contributed by atoms with Gasteiger partial charge in [0.15, 0.2) is 0 Å². The van der Waals surface area contributed by atoms with Crippen molar-refractivity contribution in [2.45, 2.75) is 12.7 Å². The predicted octanol–water partition coefficient (Wildman–Crippen LogP) is 3.19. The van der Waals surface area contributed by atoms with Crippen molar-refractivity contribution in [3.05, 3.63) is 95.7 Å². The van der Waals surface area contributed by atoms with E-state index >= 15 is 0 Å². The Balaban J connectivity index is 1.80. The number of hydrogen-bond acceptors (Lipinski definition) is 3. The molecule has 2 aromatic carbocycles. The third kappa shape index (κ3) is 4.31. The normalized spacial score (nSPS) is 15.1. The van der Waals surface area contributed by atoms with Crippen LogP contribution in [0.4, 0.5) is 0 Å². The summed E-state index contributed by atoms with van der Waals surface area (Å²) in [6.07, 6.45) is 6.26. The van der Waals surface area contributed by atoms with Crippen molar-refractivity contribution >= 4 is 0 Å². The first-order valence-electron chi connectivity index (χ1n) is 8.00. The van der Waals surface area contributed by atoms with Crippen LogP contribution in [0.2, 0.25) is 0 Å². The third-order valence-electron chi connectivity index (χ3n) is 4.00. The summed E-state index contributed by atoms with van der Waals surface area (Å²) in [7, 11) is 0. The van der Waals surface area contributed by atoms with Gasteiger partial charge >= 0.3 is 0 Å². The maximum absolute atomic E-state index is 6.56. The lowest BCUT2D eigenvalue weighted by Crippen LogP contribution is -2.36. The quantitative estimate of drug-likeness (QED) is 0.805. The second kappa shape index (κ2) is 7.77. The molecule has 3 N–H and O–H groups in total. The standard InChI is InChI=1S/C20H23N3/c21-20(19-11-5-2-6-12-19)23(15-17-8-3-1-4-9-17)16-18-10-7-13-22-14-18/h1-12,14,20,22H,13,15-16,21H2. The van der Waals surface area contributed by atoms with Crippen molar-refractivity contribution < 1.29 is 0 Å². The van der Waals surface area contributed by atoms with Gasteiger partial charge in [0.2, 0.25) is 0 Å². The number of nitrogens with two attached hydrogens (primary N) is 1. The van der Waals surface area contributed by atoms with Gasteiger partial charge in [-0.2, -0.15) is 0 Å². The first-order valence-corrected chi connectivity index (χ1v) is 8.00. The molecule has 1 unspecified atom stereocenters. The molecule has 1 atom stereocenters. The van der Waals surface area contributed by atoms with Crippen LogP contribution in [-0.2, 0) is 6.54 Å². The van der Waals surface area contributed by atoms with Crippen molar-refractivity contribution in [3.8, 4) is 0 Å². The van der Waals surface area contributed by atoms with Crippen molar-refractivity contribution in [2.24, 2.45) is 5.73 Å². The highest BCUT2D eigenvalue weighted by Gasteiger charge is 2.17. The summed E-state index contributed by atoms with van der Waals surface area (Å²) in [6, 6.07) is 20.8. The second-order valence-corrected chi connectivity index (χ2v) is 5.78. The zero-order chi connectivity index (χ0) is 15.9. The first kappa shape index (κ1) is 15.5. The fourth-order valence-electron chi connectivity index (χ4n) is 2.78. The number of hydrogen-bond donors (Lipinski definition) is 2. The van der Waals surface area contributed by atoms with E-state index in [9.17, 15) is 0 Å². The van der Waals surface area contributed by atoms with E-state index in [-0.39, 0.29) is 6.17 Å². The molecule has 0 spiro atoms. The van der Waals surface area contributed by atoms with Gasteiger partial charge in [-0.3, -0.25) is 4.90 Å². The highest BCUT2D eigenvalue weighted by atomic mass is 15.2. The zero-order valence-electron chi connectivity index (χ0n) is 13.2. The molecule has 0 saturated heterocycles. The average Bonchev–Trinajstić information content (AvgIpc) is 2.63. The van der Waals surface area contributed by atoms with Crippen LogP contribution in [-0.4, -0.2) is 18.0 Å². The molecule has 1 heterocycles. The fourth-order valence-corrected chi connectivity index (χ4v) is 2.78. The average molecular weight is 305 g/mol. The third-order valence-corrected chi connectivity index (χ3v) is 4.00. The topological polar surface area (TPSA) is 41.3 Å². The second-order valence-electron chi connectivity index (χ2n) is 5.78. The molecule has 3 rings (SSSR count). The van der Waals surface area contributed by atoms with E-state index in [1.54, 1.807) is 0 Å². The van der Waals surface area contributed by atoms with Gasteiger partial charge in [0.1, 0.15) is 0 Å². The Hall–Kier alpha value is -2.36. The molecular weight excluding hydrogens is 282 g/mol. The van der Waals surface area contributed by atoms with E-state index in [0.29, 0.717) is 0 Å². The Morgan fingerprint density at radius 1 is 0.957 bits per heavy atom. The first-order chi connectivity index (χ1) is 11.3. The number of benzene rings is 2. The van der Waals surface area contributed by atoms with Gasteiger partial charge in [-0.05, 0) is 16.7 Å². The monoisotopic (exact) mass is 305 g/mol. The number of dihydropyridines is 1. The maximum atomic E-state index is 6.56. The Morgan fingerprint density at radius 3 is 2.30 bits per heavy atom. The zero-order valence-corrected chi connectivity index (χ0v) is 13.2. The van der Waals surface area contributed by atoms with Crippen LogP contribution in [0.15, 0.2) is 84.6 Å². The molecule has 0 fully saturated rings. The minimum atomic E-state index is -0.132. The predicted molar refractivity (Wildman–Crippen MR) is 95.4 cm³/mol. The van der Waals surface area contributed by atoms with E-state index in [2.05, 4.69) is 65.0 Å². The lowest BCUT2D eigenvalue weighted by molar-refractivity contribution is 0.211. The molecule has 0 bridgehead atoms. The lowest BCUT2D eigenvalue weighted by atomic mass is 10.1. The molecule has 0 saturated carbocycles. The molecule has 0 aromatic heterocycles. The summed E-state index contributed by atoms with van der Waals surface area (Å²) in [6.45, 7) is 2.53. The van der Waals surface area contributed by atoms with Gasteiger partial charge in [-0.25, -0.2) is 0 Å². The molecule has 0 radical (unpaired) electrons. The Bertz CT molecular complexity index is 662. The Labute approximate surface area is 138 Å². The summed E-state index contributed by atoms with van der Waals surface area (Å²) in [5.74, 6) is 0. The summed E-state index contributed by atoms with van der Waals surface area (Å²) >= 11 is 0. The Morgan fingerprint density at radius 2 is 1.65 bits per heavy atom. The molecule has 118 valence electrons. The molecule has 1 aliphatic heterocycles. The van der Waals surface area contributed by atoms with Crippen LogP contribution in [0, 0.1) is 0 Å². The molecule has 2 aromatic rings. The molecule has 0 aliphatic carbocycles. The van der Waals surface area contributed by atoms with Crippen molar-refractivity contribution in [1.82, 2.24) is 10.2 Å². The van der Waals surface area contributed by atoms with Gasteiger partial charge < -0.3 is 11.1 Å². The van der Waals surface area contributed by atoms with Gasteiger partial charge in [0.25, 0.3) is 0 Å². The van der Waals surface area contributed by atoms with Gasteiger partial charge in [-0.15, -0.1) is 0 Å². The van der Waals surface area contributed by atoms with Crippen molar-refractivity contribution in [3.63, 3.8) is 0 Å². The highest BCUT2D eigenvalue weighted by molar-refractivity contribution is 5.26. The van der Waals surface area contributed by atoms with Crippen LogP contribution < -0.4 is 11.1 Å². The van der Waals surface area contributed by atoms with Gasteiger partial charge in [-0.1, -0.05) is 72.8 Å².